The summed E-state index contributed by atoms with van der Waals surface area (Å²) in [5.74, 6) is 0. The molecule has 0 radical (unpaired) electrons. The van der Waals surface area contributed by atoms with Crippen LogP contribution in [-0.4, -0.2) is 11.0 Å². The minimum Gasteiger partial charge on any atom is -0.334 e. The molecule has 1 heterocycles. The van der Waals surface area contributed by atoms with E-state index in [1.807, 2.05) is 48.5 Å². The minimum atomic E-state index is -0.253. The zero-order valence-electron chi connectivity index (χ0n) is 11.0. The van der Waals surface area contributed by atoms with Gasteiger partial charge < -0.3 is 5.32 Å². The van der Waals surface area contributed by atoms with Crippen LogP contribution in [0.2, 0.25) is 0 Å². The third-order valence-corrected chi connectivity index (χ3v) is 4.29. The first-order valence-corrected chi connectivity index (χ1v) is 7.96. The second-order valence-corrected chi connectivity index (χ2v) is 6.37. The number of benzene rings is 2. The van der Waals surface area contributed by atoms with Gasteiger partial charge in [-0.2, -0.15) is 0 Å². The van der Waals surface area contributed by atoms with Crippen molar-refractivity contribution in [2.75, 3.05) is 5.32 Å². The molecule has 2 N–H and O–H groups in total. The van der Waals surface area contributed by atoms with E-state index in [9.17, 15) is 4.79 Å². The largest absolute Gasteiger partial charge is 0.334 e. The fraction of sp³-hybridized carbons (Fsp3) is 0.0667. The van der Waals surface area contributed by atoms with Crippen molar-refractivity contribution in [3.63, 3.8) is 0 Å². The van der Waals surface area contributed by atoms with Crippen LogP contribution in [0.4, 0.5) is 9.93 Å². The number of amides is 2. The molecule has 21 heavy (non-hydrogen) atoms. The molecule has 1 aromatic heterocycles. The molecule has 0 saturated heterocycles. The SMILES string of the molecule is O=C(NCc1ccccc1)Nc1nc2ccc(Br)cc2s1. The van der Waals surface area contributed by atoms with Crippen LogP contribution in [0.5, 0.6) is 0 Å². The zero-order valence-corrected chi connectivity index (χ0v) is 13.4. The van der Waals surface area contributed by atoms with E-state index in [1.54, 1.807) is 0 Å². The number of nitrogens with zero attached hydrogens (tertiary/aromatic N) is 1. The lowest BCUT2D eigenvalue weighted by Gasteiger charge is -2.04. The lowest BCUT2D eigenvalue weighted by atomic mass is 10.2. The maximum absolute atomic E-state index is 11.9. The molecule has 0 atom stereocenters. The average molecular weight is 362 g/mol. The van der Waals surface area contributed by atoms with Crippen LogP contribution in [0.15, 0.2) is 53.0 Å². The monoisotopic (exact) mass is 361 g/mol. The molecule has 0 aliphatic rings. The molecule has 2 amide bonds. The summed E-state index contributed by atoms with van der Waals surface area (Å²) in [7, 11) is 0. The maximum atomic E-state index is 11.9. The van der Waals surface area contributed by atoms with Gasteiger partial charge in [0.1, 0.15) is 0 Å². The molecular formula is C15H12BrN3OS. The summed E-state index contributed by atoms with van der Waals surface area (Å²) in [5.41, 5.74) is 1.93. The quantitative estimate of drug-likeness (QED) is 0.727. The number of halogens is 1. The van der Waals surface area contributed by atoms with Crippen LogP contribution in [0.1, 0.15) is 5.56 Å². The highest BCUT2D eigenvalue weighted by atomic mass is 79.9. The Labute approximate surface area is 134 Å². The molecule has 3 aromatic rings. The lowest BCUT2D eigenvalue weighted by molar-refractivity contribution is 0.251. The molecule has 4 nitrogen and oxygen atoms in total. The molecule has 0 aliphatic carbocycles. The van der Waals surface area contributed by atoms with Crippen LogP contribution in [0.25, 0.3) is 10.2 Å². The first-order chi connectivity index (χ1) is 10.2. The zero-order chi connectivity index (χ0) is 14.7. The van der Waals surface area contributed by atoms with Crippen molar-refractivity contribution in [3.05, 3.63) is 58.6 Å². The van der Waals surface area contributed by atoms with Crippen molar-refractivity contribution in [2.45, 2.75) is 6.54 Å². The number of rotatable bonds is 3. The van der Waals surface area contributed by atoms with Gasteiger partial charge in [-0.15, -0.1) is 0 Å². The molecule has 106 valence electrons. The van der Waals surface area contributed by atoms with Gasteiger partial charge in [0.05, 0.1) is 10.2 Å². The third kappa shape index (κ3) is 3.59. The van der Waals surface area contributed by atoms with Crippen molar-refractivity contribution in [3.8, 4) is 0 Å². The first-order valence-electron chi connectivity index (χ1n) is 6.35. The maximum Gasteiger partial charge on any atom is 0.321 e. The second-order valence-electron chi connectivity index (χ2n) is 4.42. The number of aromatic nitrogens is 1. The Hall–Kier alpha value is -1.92. The lowest BCUT2D eigenvalue weighted by Crippen LogP contribution is -2.28. The Morgan fingerprint density at radius 1 is 1.19 bits per heavy atom. The van der Waals surface area contributed by atoms with Crippen molar-refractivity contribution in [1.29, 1.82) is 0 Å². The topological polar surface area (TPSA) is 54.0 Å². The van der Waals surface area contributed by atoms with E-state index in [0.717, 1.165) is 20.3 Å². The van der Waals surface area contributed by atoms with E-state index >= 15 is 0 Å². The van der Waals surface area contributed by atoms with Gasteiger partial charge >= 0.3 is 6.03 Å². The summed E-state index contributed by atoms with van der Waals surface area (Å²) in [6.07, 6.45) is 0. The van der Waals surface area contributed by atoms with Gasteiger partial charge in [0, 0.05) is 11.0 Å². The van der Waals surface area contributed by atoms with Crippen molar-refractivity contribution in [1.82, 2.24) is 10.3 Å². The molecule has 6 heteroatoms. The van der Waals surface area contributed by atoms with E-state index in [0.29, 0.717) is 11.7 Å². The van der Waals surface area contributed by atoms with E-state index in [-0.39, 0.29) is 6.03 Å². The Balaban J connectivity index is 1.63. The fourth-order valence-electron chi connectivity index (χ4n) is 1.87. The van der Waals surface area contributed by atoms with Crippen LogP contribution < -0.4 is 10.6 Å². The summed E-state index contributed by atoms with van der Waals surface area (Å²) in [4.78, 5) is 16.2. The predicted molar refractivity (Wildman–Crippen MR) is 89.6 cm³/mol. The molecule has 0 bridgehead atoms. The number of carbonyl (C=O) groups is 1. The van der Waals surface area contributed by atoms with E-state index < -0.39 is 0 Å². The van der Waals surface area contributed by atoms with E-state index in [1.165, 1.54) is 11.3 Å². The Bertz CT molecular complexity index is 773. The van der Waals surface area contributed by atoms with Crippen LogP contribution in [0, 0.1) is 0 Å². The van der Waals surface area contributed by atoms with Crippen LogP contribution >= 0.6 is 27.3 Å². The number of nitrogens with one attached hydrogen (secondary N) is 2. The molecule has 0 spiro atoms. The van der Waals surface area contributed by atoms with Crippen LogP contribution in [-0.2, 0) is 6.54 Å². The second kappa shape index (κ2) is 6.24. The number of thiazole rings is 1. The fourth-order valence-corrected chi connectivity index (χ4v) is 3.28. The van der Waals surface area contributed by atoms with Gasteiger partial charge in [0.25, 0.3) is 0 Å². The Morgan fingerprint density at radius 3 is 2.81 bits per heavy atom. The Kier molecular flexibility index (Phi) is 4.17. The summed E-state index contributed by atoms with van der Waals surface area (Å²) >= 11 is 4.87. The van der Waals surface area contributed by atoms with Gasteiger partial charge in [0.2, 0.25) is 0 Å². The van der Waals surface area contributed by atoms with Gasteiger partial charge in [0.15, 0.2) is 5.13 Å². The number of hydrogen-bond acceptors (Lipinski definition) is 3. The molecule has 0 aliphatic heterocycles. The number of urea groups is 1. The highest BCUT2D eigenvalue weighted by Gasteiger charge is 2.07. The molecule has 3 rings (SSSR count). The molecular weight excluding hydrogens is 350 g/mol. The molecule has 2 aromatic carbocycles. The third-order valence-electron chi connectivity index (χ3n) is 2.87. The van der Waals surface area contributed by atoms with Gasteiger partial charge in [-0.3, -0.25) is 5.32 Å². The summed E-state index contributed by atoms with van der Waals surface area (Å²) < 4.78 is 2.03. The minimum absolute atomic E-state index is 0.253. The van der Waals surface area contributed by atoms with Crippen molar-refractivity contribution < 1.29 is 4.79 Å². The van der Waals surface area contributed by atoms with E-state index in [4.69, 9.17) is 0 Å². The van der Waals surface area contributed by atoms with Crippen LogP contribution in [0.3, 0.4) is 0 Å². The number of hydrogen-bond donors (Lipinski definition) is 2. The van der Waals surface area contributed by atoms with E-state index in [2.05, 4.69) is 31.5 Å². The smallest absolute Gasteiger partial charge is 0.321 e. The number of fused-ring (bicyclic) bond motifs is 1. The predicted octanol–water partition coefficient (Wildman–Crippen LogP) is 4.38. The molecule has 0 unspecified atom stereocenters. The van der Waals surface area contributed by atoms with Crippen molar-refractivity contribution in [2.24, 2.45) is 0 Å². The Morgan fingerprint density at radius 2 is 2.00 bits per heavy atom. The number of anilines is 1. The van der Waals surface area contributed by atoms with Gasteiger partial charge in [-0.1, -0.05) is 57.6 Å². The summed E-state index contributed by atoms with van der Waals surface area (Å²) in [5, 5.41) is 6.16. The van der Waals surface area contributed by atoms with Gasteiger partial charge in [-0.25, -0.2) is 9.78 Å². The standard InChI is InChI=1S/C15H12BrN3OS/c16-11-6-7-12-13(8-11)21-15(18-12)19-14(20)17-9-10-4-2-1-3-5-10/h1-8H,9H2,(H2,17,18,19,20). The molecule has 0 fully saturated rings. The highest BCUT2D eigenvalue weighted by molar-refractivity contribution is 9.10. The van der Waals surface area contributed by atoms with Crippen molar-refractivity contribution >= 4 is 48.6 Å². The first kappa shape index (κ1) is 14.0. The summed E-state index contributed by atoms with van der Waals surface area (Å²) in [6.45, 7) is 0.489. The summed E-state index contributed by atoms with van der Waals surface area (Å²) in [6, 6.07) is 15.4. The molecule has 0 saturated carbocycles. The normalized spacial score (nSPS) is 10.5. The highest BCUT2D eigenvalue weighted by Crippen LogP contribution is 2.28. The average Bonchev–Trinajstić information content (AvgIpc) is 2.87. The van der Waals surface area contributed by atoms with Gasteiger partial charge in [-0.05, 0) is 23.8 Å². The number of carbonyl (C=O) groups excluding carboxylic acids is 1.